The molecule has 0 fully saturated rings. The lowest BCUT2D eigenvalue weighted by atomic mass is 9.56. The van der Waals surface area contributed by atoms with Crippen molar-refractivity contribution in [2.45, 2.75) is 146 Å². The SMILES string of the molecule is C=CCCCC(C)CC(C)CCCC(C)(C)C(C(C)CCC)C(CCCC)C(C)(C)C. The lowest BCUT2D eigenvalue weighted by Gasteiger charge is -2.49. The first-order valence-electron chi connectivity index (χ1n) is 14.0. The number of unbranched alkanes of at least 4 members (excludes halogenated alkanes) is 2. The van der Waals surface area contributed by atoms with Crippen LogP contribution in [-0.2, 0) is 0 Å². The van der Waals surface area contributed by atoms with Crippen molar-refractivity contribution in [2.75, 3.05) is 0 Å². The molecule has 0 amide bonds. The maximum atomic E-state index is 3.86. The molecule has 0 aromatic rings. The monoisotopic (exact) mass is 434 g/mol. The highest BCUT2D eigenvalue weighted by atomic mass is 14.5. The van der Waals surface area contributed by atoms with Crippen LogP contribution in [0.4, 0.5) is 0 Å². The van der Waals surface area contributed by atoms with Crippen LogP contribution >= 0.6 is 0 Å². The van der Waals surface area contributed by atoms with E-state index in [4.69, 9.17) is 0 Å². The molecule has 5 atom stereocenters. The van der Waals surface area contributed by atoms with Gasteiger partial charge in [0.1, 0.15) is 0 Å². The van der Waals surface area contributed by atoms with Gasteiger partial charge in [0.15, 0.2) is 0 Å². The normalized spacial score (nSPS) is 17.7. The Kier molecular flexibility index (Phi) is 15.4. The Morgan fingerprint density at radius 2 is 1.32 bits per heavy atom. The summed E-state index contributed by atoms with van der Waals surface area (Å²) in [5.41, 5.74) is 0.822. The summed E-state index contributed by atoms with van der Waals surface area (Å²) < 4.78 is 0. The van der Waals surface area contributed by atoms with Crippen molar-refractivity contribution in [3.05, 3.63) is 12.7 Å². The summed E-state index contributed by atoms with van der Waals surface area (Å²) in [4.78, 5) is 0. The van der Waals surface area contributed by atoms with Crippen LogP contribution in [0.3, 0.4) is 0 Å². The Labute approximate surface area is 199 Å². The molecule has 0 heterocycles. The van der Waals surface area contributed by atoms with Crippen LogP contribution in [-0.4, -0.2) is 0 Å². The van der Waals surface area contributed by atoms with Gasteiger partial charge in [-0.3, -0.25) is 0 Å². The zero-order valence-corrected chi connectivity index (χ0v) is 23.7. The second kappa shape index (κ2) is 15.6. The van der Waals surface area contributed by atoms with Crippen molar-refractivity contribution in [1.82, 2.24) is 0 Å². The van der Waals surface area contributed by atoms with Gasteiger partial charge in [-0.1, -0.05) is 120 Å². The molecule has 0 N–H and O–H groups in total. The first-order chi connectivity index (χ1) is 14.4. The van der Waals surface area contributed by atoms with E-state index >= 15 is 0 Å². The number of hydrogen-bond acceptors (Lipinski definition) is 0. The number of allylic oxidation sites excluding steroid dienone is 1. The predicted octanol–water partition coefficient (Wildman–Crippen LogP) is 11.1. The van der Waals surface area contributed by atoms with Crippen molar-refractivity contribution >= 4 is 0 Å². The maximum Gasteiger partial charge on any atom is -0.0304 e. The first kappa shape index (κ1) is 30.7. The number of rotatable bonds is 18. The van der Waals surface area contributed by atoms with Crippen LogP contribution in [0.5, 0.6) is 0 Å². The zero-order valence-electron chi connectivity index (χ0n) is 23.7. The Morgan fingerprint density at radius 1 is 0.742 bits per heavy atom. The minimum absolute atomic E-state index is 0.396. The Morgan fingerprint density at radius 3 is 1.81 bits per heavy atom. The van der Waals surface area contributed by atoms with Gasteiger partial charge >= 0.3 is 0 Å². The van der Waals surface area contributed by atoms with Gasteiger partial charge in [0.05, 0.1) is 0 Å². The molecule has 5 unspecified atom stereocenters. The van der Waals surface area contributed by atoms with E-state index in [1.165, 1.54) is 77.0 Å². The lowest BCUT2D eigenvalue weighted by Crippen LogP contribution is -2.41. The Balaban J connectivity index is 5.09. The summed E-state index contributed by atoms with van der Waals surface area (Å²) in [5, 5.41) is 0. The molecule has 186 valence electrons. The number of hydrogen-bond donors (Lipinski definition) is 0. The van der Waals surface area contributed by atoms with E-state index in [1.54, 1.807) is 0 Å². The average molecular weight is 435 g/mol. The predicted molar refractivity (Wildman–Crippen MR) is 145 cm³/mol. The highest BCUT2D eigenvalue weighted by Crippen LogP contribution is 2.50. The van der Waals surface area contributed by atoms with E-state index in [2.05, 4.69) is 81.9 Å². The van der Waals surface area contributed by atoms with Crippen molar-refractivity contribution in [3.8, 4) is 0 Å². The van der Waals surface area contributed by atoms with Gasteiger partial charge in [-0.25, -0.2) is 0 Å². The topological polar surface area (TPSA) is 0 Å². The lowest BCUT2D eigenvalue weighted by molar-refractivity contribution is 0.00394. The van der Waals surface area contributed by atoms with Crippen LogP contribution in [0.1, 0.15) is 146 Å². The van der Waals surface area contributed by atoms with Gasteiger partial charge in [0.2, 0.25) is 0 Å². The highest BCUT2D eigenvalue weighted by Gasteiger charge is 2.42. The molecule has 0 aliphatic rings. The van der Waals surface area contributed by atoms with E-state index in [9.17, 15) is 0 Å². The Hall–Kier alpha value is -0.260. The summed E-state index contributed by atoms with van der Waals surface area (Å²) >= 11 is 0. The summed E-state index contributed by atoms with van der Waals surface area (Å²) in [6.45, 7) is 28.8. The largest absolute Gasteiger partial charge is 0.103 e. The molecule has 0 radical (unpaired) electrons. The van der Waals surface area contributed by atoms with Gasteiger partial charge in [-0.15, -0.1) is 6.58 Å². The van der Waals surface area contributed by atoms with Gasteiger partial charge in [-0.05, 0) is 72.5 Å². The molecule has 31 heavy (non-hydrogen) atoms. The molecule has 0 heteroatoms. The van der Waals surface area contributed by atoms with Gasteiger partial charge in [0, 0.05) is 0 Å². The zero-order chi connectivity index (χ0) is 24.1. The van der Waals surface area contributed by atoms with Gasteiger partial charge < -0.3 is 0 Å². The fraction of sp³-hybridized carbons (Fsp3) is 0.935. The van der Waals surface area contributed by atoms with Crippen LogP contribution < -0.4 is 0 Å². The molecular formula is C31H62. The maximum absolute atomic E-state index is 3.86. The van der Waals surface area contributed by atoms with Crippen LogP contribution in [0.2, 0.25) is 0 Å². The van der Waals surface area contributed by atoms with Crippen LogP contribution in [0.25, 0.3) is 0 Å². The molecule has 0 aromatic heterocycles. The fourth-order valence-electron chi connectivity index (χ4n) is 6.53. The summed E-state index contributed by atoms with van der Waals surface area (Å²) in [7, 11) is 0. The molecule has 0 bridgehead atoms. The van der Waals surface area contributed by atoms with E-state index in [1.807, 2.05) is 0 Å². The van der Waals surface area contributed by atoms with Crippen LogP contribution in [0.15, 0.2) is 12.7 Å². The summed E-state index contributed by atoms with van der Waals surface area (Å²) in [6.07, 6.45) is 18.3. The minimum atomic E-state index is 0.396. The highest BCUT2D eigenvalue weighted by molar-refractivity contribution is 4.91. The third-order valence-corrected chi connectivity index (χ3v) is 8.10. The molecule has 0 saturated heterocycles. The van der Waals surface area contributed by atoms with E-state index in [0.29, 0.717) is 10.8 Å². The average Bonchev–Trinajstić information content (AvgIpc) is 2.63. The molecule has 0 rings (SSSR count). The van der Waals surface area contributed by atoms with E-state index in [0.717, 1.165) is 29.6 Å². The van der Waals surface area contributed by atoms with Crippen molar-refractivity contribution in [2.24, 2.45) is 40.4 Å². The van der Waals surface area contributed by atoms with Gasteiger partial charge in [0.25, 0.3) is 0 Å². The minimum Gasteiger partial charge on any atom is -0.103 e. The van der Waals surface area contributed by atoms with Crippen molar-refractivity contribution in [3.63, 3.8) is 0 Å². The molecule has 0 aromatic carbocycles. The van der Waals surface area contributed by atoms with Crippen molar-refractivity contribution in [1.29, 1.82) is 0 Å². The molecule has 0 spiro atoms. The fourth-order valence-corrected chi connectivity index (χ4v) is 6.53. The summed E-state index contributed by atoms with van der Waals surface area (Å²) in [5.74, 6) is 4.20. The third kappa shape index (κ3) is 12.5. The summed E-state index contributed by atoms with van der Waals surface area (Å²) in [6, 6.07) is 0. The molecule has 0 aliphatic heterocycles. The van der Waals surface area contributed by atoms with Crippen molar-refractivity contribution < 1.29 is 0 Å². The van der Waals surface area contributed by atoms with E-state index in [-0.39, 0.29) is 0 Å². The Bertz CT molecular complexity index is 437. The second-order valence-electron chi connectivity index (χ2n) is 13.0. The molecule has 0 saturated carbocycles. The van der Waals surface area contributed by atoms with E-state index < -0.39 is 0 Å². The van der Waals surface area contributed by atoms with Gasteiger partial charge in [-0.2, -0.15) is 0 Å². The quantitative estimate of drug-likeness (QED) is 0.148. The van der Waals surface area contributed by atoms with Crippen LogP contribution in [0, 0.1) is 40.4 Å². The smallest absolute Gasteiger partial charge is 0.0304 e. The first-order valence-corrected chi connectivity index (χ1v) is 14.0. The third-order valence-electron chi connectivity index (χ3n) is 8.10. The molecule has 0 nitrogen and oxygen atoms in total. The molecule has 0 aliphatic carbocycles. The molecular weight excluding hydrogens is 372 g/mol. The second-order valence-corrected chi connectivity index (χ2v) is 13.0. The standard InChI is InChI=1S/C31H62/c1-12-15-17-20-25(4)24-26(5)21-18-23-31(10,11)29(27(6)19-14-3)28(22-16-13-2)30(7,8)9/h12,25-29H,1,13-24H2,2-11H3.